The lowest BCUT2D eigenvalue weighted by Crippen LogP contribution is -2.98. The first kappa shape index (κ1) is 14.8. The second kappa shape index (κ2) is 5.27. The third-order valence-electron chi connectivity index (χ3n) is 6.29. The summed E-state index contributed by atoms with van der Waals surface area (Å²) in [5, 5.41) is 4.33. The van der Waals surface area contributed by atoms with Crippen molar-refractivity contribution in [3.8, 4) is 0 Å². The third kappa shape index (κ3) is 2.80. The number of nitrogens with two attached hydrogens (primary N) is 2. The zero-order valence-electron chi connectivity index (χ0n) is 13.1. The topological polar surface area (TPSA) is 88.8 Å². The van der Waals surface area contributed by atoms with Crippen LogP contribution < -0.4 is 16.4 Å². The van der Waals surface area contributed by atoms with Gasteiger partial charge in [0.2, 0.25) is 0 Å². The number of hydrogen-bond acceptors (Lipinski definition) is 2. The van der Waals surface area contributed by atoms with Crippen LogP contribution in [-0.2, 0) is 4.79 Å². The molecule has 5 heteroatoms. The van der Waals surface area contributed by atoms with Crippen molar-refractivity contribution in [2.75, 3.05) is 0 Å². The Labute approximate surface area is 126 Å². The van der Waals surface area contributed by atoms with Crippen molar-refractivity contribution in [2.45, 2.75) is 64.5 Å². The maximum Gasteiger partial charge on any atom is 0.319 e. The summed E-state index contributed by atoms with van der Waals surface area (Å²) in [7, 11) is 0. The Bertz CT molecular complexity index is 414. The number of carbonyl (C=O) groups is 2. The molecule has 2 atom stereocenters. The van der Waals surface area contributed by atoms with Crippen LogP contribution in [0.5, 0.6) is 0 Å². The quantitative estimate of drug-likeness (QED) is 0.714. The number of hydrogen-bond donors (Lipinski definition) is 3. The highest BCUT2D eigenvalue weighted by atomic mass is 16.2. The van der Waals surface area contributed by atoms with Gasteiger partial charge < -0.3 is 11.1 Å². The normalized spacial score (nSPS) is 39.8. The van der Waals surface area contributed by atoms with Crippen LogP contribution in [0.25, 0.3) is 0 Å². The highest BCUT2D eigenvalue weighted by molar-refractivity contribution is 5.95. The third-order valence-corrected chi connectivity index (χ3v) is 6.29. The van der Waals surface area contributed by atoms with Crippen molar-refractivity contribution in [2.24, 2.45) is 28.9 Å². The second-order valence-electron chi connectivity index (χ2n) is 7.90. The van der Waals surface area contributed by atoms with Crippen LogP contribution in [0.4, 0.5) is 4.79 Å². The molecule has 0 radical (unpaired) electrons. The number of rotatable bonds is 4. The fourth-order valence-electron chi connectivity index (χ4n) is 5.70. The van der Waals surface area contributed by atoms with Gasteiger partial charge in [0.25, 0.3) is 5.91 Å². The molecular weight excluding hydrogens is 266 g/mol. The molecular formula is C16H28N3O2+. The van der Waals surface area contributed by atoms with Gasteiger partial charge in [0, 0.05) is 5.41 Å². The van der Waals surface area contributed by atoms with Crippen molar-refractivity contribution in [1.29, 1.82) is 0 Å². The largest absolute Gasteiger partial charge is 0.351 e. The SMILES string of the molecule is C[C@@H]([NH2+][C@H](C)C12CC3CC(CC(C3)C1)C2)C(=O)NC(N)=O. The van der Waals surface area contributed by atoms with Gasteiger partial charge in [-0.05, 0) is 70.1 Å². The molecule has 0 heterocycles. The molecule has 0 spiro atoms. The minimum absolute atomic E-state index is 0.263. The molecule has 0 saturated heterocycles. The molecule has 4 saturated carbocycles. The Morgan fingerprint density at radius 1 is 1.10 bits per heavy atom. The lowest BCUT2D eigenvalue weighted by Gasteiger charge is -2.58. The number of nitrogens with one attached hydrogen (secondary N) is 1. The Kier molecular flexibility index (Phi) is 3.72. The van der Waals surface area contributed by atoms with E-state index in [-0.39, 0.29) is 11.9 Å². The Balaban J connectivity index is 1.64. The number of carbonyl (C=O) groups excluding carboxylic acids is 2. The van der Waals surface area contributed by atoms with Gasteiger partial charge in [-0.3, -0.25) is 10.1 Å². The average Bonchev–Trinajstić information content (AvgIpc) is 2.35. The first-order valence-corrected chi connectivity index (χ1v) is 8.33. The van der Waals surface area contributed by atoms with Crippen LogP contribution in [0, 0.1) is 23.2 Å². The van der Waals surface area contributed by atoms with Gasteiger partial charge >= 0.3 is 6.03 Å². The summed E-state index contributed by atoms with van der Waals surface area (Å²) < 4.78 is 0. The lowest BCUT2D eigenvalue weighted by atomic mass is 9.48. The van der Waals surface area contributed by atoms with E-state index in [1.807, 2.05) is 6.92 Å². The molecule has 0 aliphatic heterocycles. The van der Waals surface area contributed by atoms with E-state index in [1.165, 1.54) is 38.5 Å². The predicted molar refractivity (Wildman–Crippen MR) is 79.2 cm³/mol. The van der Waals surface area contributed by atoms with E-state index in [4.69, 9.17) is 5.73 Å². The molecule has 4 fully saturated rings. The smallest absolute Gasteiger partial charge is 0.319 e. The summed E-state index contributed by atoms with van der Waals surface area (Å²) in [6.45, 7) is 4.12. The average molecular weight is 294 g/mol. The predicted octanol–water partition coefficient (Wildman–Crippen LogP) is 0.738. The summed E-state index contributed by atoms with van der Waals surface area (Å²) in [4.78, 5) is 22.7. The molecule has 4 bridgehead atoms. The first-order chi connectivity index (χ1) is 9.88. The van der Waals surface area contributed by atoms with Crippen LogP contribution in [-0.4, -0.2) is 24.0 Å². The van der Waals surface area contributed by atoms with E-state index in [1.54, 1.807) is 0 Å². The van der Waals surface area contributed by atoms with E-state index < -0.39 is 6.03 Å². The number of amides is 3. The second-order valence-corrected chi connectivity index (χ2v) is 7.90. The van der Waals surface area contributed by atoms with Crippen LogP contribution >= 0.6 is 0 Å². The highest BCUT2D eigenvalue weighted by Crippen LogP contribution is 2.60. The lowest BCUT2D eigenvalue weighted by molar-refractivity contribution is -0.719. The molecule has 4 aliphatic rings. The van der Waals surface area contributed by atoms with Crippen molar-refractivity contribution in [3.05, 3.63) is 0 Å². The number of urea groups is 1. The van der Waals surface area contributed by atoms with E-state index in [0.717, 1.165) is 17.8 Å². The van der Waals surface area contributed by atoms with Crippen molar-refractivity contribution >= 4 is 11.9 Å². The molecule has 0 unspecified atom stereocenters. The maximum absolute atomic E-state index is 11.9. The zero-order valence-corrected chi connectivity index (χ0v) is 13.1. The molecule has 4 aliphatic carbocycles. The number of imide groups is 1. The molecule has 118 valence electrons. The Hall–Kier alpha value is -1.10. The molecule has 0 aromatic carbocycles. The summed E-state index contributed by atoms with van der Waals surface area (Å²) in [6.07, 6.45) is 8.31. The fourth-order valence-corrected chi connectivity index (χ4v) is 5.70. The minimum Gasteiger partial charge on any atom is -0.351 e. The maximum atomic E-state index is 11.9. The molecule has 0 aromatic rings. The van der Waals surface area contributed by atoms with Crippen LogP contribution in [0.15, 0.2) is 0 Å². The molecule has 4 rings (SSSR count). The van der Waals surface area contributed by atoms with Gasteiger partial charge in [-0.1, -0.05) is 0 Å². The van der Waals surface area contributed by atoms with Gasteiger partial charge in [0.15, 0.2) is 6.04 Å². The number of quaternary nitrogens is 1. The van der Waals surface area contributed by atoms with Gasteiger partial charge in [0.1, 0.15) is 0 Å². The van der Waals surface area contributed by atoms with E-state index in [0.29, 0.717) is 11.5 Å². The highest BCUT2D eigenvalue weighted by Gasteiger charge is 2.54. The van der Waals surface area contributed by atoms with Crippen molar-refractivity contribution in [1.82, 2.24) is 5.32 Å². The van der Waals surface area contributed by atoms with Crippen molar-refractivity contribution < 1.29 is 14.9 Å². The van der Waals surface area contributed by atoms with Gasteiger partial charge in [-0.25, -0.2) is 4.79 Å². The van der Waals surface area contributed by atoms with Gasteiger partial charge in [-0.2, -0.15) is 0 Å². The van der Waals surface area contributed by atoms with Crippen molar-refractivity contribution in [3.63, 3.8) is 0 Å². The summed E-state index contributed by atoms with van der Waals surface area (Å²) in [6, 6.07) is -0.595. The summed E-state index contributed by atoms with van der Waals surface area (Å²) in [5.74, 6) is 2.48. The molecule has 0 aromatic heterocycles. The van der Waals surface area contributed by atoms with E-state index in [2.05, 4.69) is 17.6 Å². The summed E-state index contributed by atoms with van der Waals surface area (Å²) in [5.41, 5.74) is 5.44. The molecule has 3 amide bonds. The van der Waals surface area contributed by atoms with Crippen LogP contribution in [0.1, 0.15) is 52.4 Å². The number of primary amides is 1. The monoisotopic (exact) mass is 294 g/mol. The van der Waals surface area contributed by atoms with E-state index in [9.17, 15) is 9.59 Å². The van der Waals surface area contributed by atoms with Gasteiger partial charge in [0.05, 0.1) is 6.04 Å². The Morgan fingerprint density at radius 3 is 2.00 bits per heavy atom. The Morgan fingerprint density at radius 2 is 1.57 bits per heavy atom. The molecule has 21 heavy (non-hydrogen) atoms. The first-order valence-electron chi connectivity index (χ1n) is 8.33. The van der Waals surface area contributed by atoms with E-state index >= 15 is 0 Å². The minimum atomic E-state index is -0.761. The van der Waals surface area contributed by atoms with Crippen LogP contribution in [0.3, 0.4) is 0 Å². The van der Waals surface area contributed by atoms with Gasteiger partial charge in [-0.15, -0.1) is 0 Å². The molecule has 5 N–H and O–H groups in total. The summed E-state index contributed by atoms with van der Waals surface area (Å²) >= 11 is 0. The molecule has 5 nitrogen and oxygen atoms in total. The standard InChI is InChI=1S/C16H27N3O2/c1-9(14(20)19-15(17)21)18-10(2)16-6-11-3-12(7-16)5-13(4-11)8-16/h9-13,18H,3-8H2,1-2H3,(H3,17,19,20,21)/p+1/t9-,10-,11?,12?,13?,16?/m1/s1. The zero-order chi connectivity index (χ0) is 15.2. The van der Waals surface area contributed by atoms with Crippen LogP contribution in [0.2, 0.25) is 0 Å². The fraction of sp³-hybridized carbons (Fsp3) is 0.875.